The molecule has 0 aliphatic heterocycles. The van der Waals surface area contributed by atoms with Gasteiger partial charge in [0.15, 0.2) is 0 Å². The first-order valence-corrected chi connectivity index (χ1v) is 7.46. The van der Waals surface area contributed by atoms with Crippen LogP contribution in [-0.4, -0.2) is 35.8 Å². The molecule has 116 valence electrons. The molecular formula is C16H25N3O2. The van der Waals surface area contributed by atoms with Crippen LogP contribution in [0.4, 0.5) is 5.69 Å². The van der Waals surface area contributed by atoms with Crippen LogP contribution < -0.4 is 11.1 Å². The van der Waals surface area contributed by atoms with E-state index in [0.29, 0.717) is 24.3 Å². The molecule has 5 heteroatoms. The summed E-state index contributed by atoms with van der Waals surface area (Å²) in [6.45, 7) is 7.16. The standard InChI is InChI=1S/C16H25N3O2/c1-4-13(17)11-15(20)18-14-9-7-8-12(10-14)16(21)19(5-2)6-3/h7-10,13H,4-6,11,17H2,1-3H3,(H,18,20). The zero-order valence-corrected chi connectivity index (χ0v) is 13.1. The SMILES string of the molecule is CCC(N)CC(=O)Nc1cccc(C(=O)N(CC)CC)c1. The number of anilines is 1. The smallest absolute Gasteiger partial charge is 0.253 e. The van der Waals surface area contributed by atoms with Crippen molar-refractivity contribution in [3.8, 4) is 0 Å². The number of nitrogens with two attached hydrogens (primary N) is 1. The summed E-state index contributed by atoms with van der Waals surface area (Å²) in [4.78, 5) is 25.8. The average Bonchev–Trinajstić information content (AvgIpc) is 2.48. The molecule has 1 rings (SSSR count). The predicted octanol–water partition coefficient (Wildman–Crippen LogP) is 2.23. The minimum absolute atomic E-state index is 0.0265. The molecule has 1 atom stereocenters. The van der Waals surface area contributed by atoms with Gasteiger partial charge in [-0.1, -0.05) is 13.0 Å². The number of nitrogens with one attached hydrogen (secondary N) is 1. The van der Waals surface area contributed by atoms with Crippen LogP contribution >= 0.6 is 0 Å². The molecule has 3 N–H and O–H groups in total. The number of carbonyl (C=O) groups is 2. The van der Waals surface area contributed by atoms with Crippen LogP contribution in [0.5, 0.6) is 0 Å². The molecule has 0 radical (unpaired) electrons. The van der Waals surface area contributed by atoms with Crippen LogP contribution in [0.1, 0.15) is 44.0 Å². The summed E-state index contributed by atoms with van der Waals surface area (Å²) in [6, 6.07) is 6.87. The minimum atomic E-state index is -0.134. The Labute approximate surface area is 126 Å². The third-order valence-electron chi connectivity index (χ3n) is 3.42. The second-order valence-corrected chi connectivity index (χ2v) is 4.98. The highest BCUT2D eigenvalue weighted by molar-refractivity contribution is 5.97. The second-order valence-electron chi connectivity index (χ2n) is 4.98. The van der Waals surface area contributed by atoms with Crippen LogP contribution in [0.15, 0.2) is 24.3 Å². The minimum Gasteiger partial charge on any atom is -0.339 e. The highest BCUT2D eigenvalue weighted by Crippen LogP contribution is 2.13. The fourth-order valence-corrected chi connectivity index (χ4v) is 2.02. The maximum Gasteiger partial charge on any atom is 0.253 e. The summed E-state index contributed by atoms with van der Waals surface area (Å²) in [5.74, 6) is -0.154. The number of hydrogen-bond donors (Lipinski definition) is 2. The Bertz CT molecular complexity index is 484. The van der Waals surface area contributed by atoms with Crippen molar-refractivity contribution in [2.24, 2.45) is 5.73 Å². The summed E-state index contributed by atoms with van der Waals surface area (Å²) in [5.41, 5.74) is 6.97. The summed E-state index contributed by atoms with van der Waals surface area (Å²) >= 11 is 0. The summed E-state index contributed by atoms with van der Waals surface area (Å²) in [6.07, 6.45) is 1.04. The first-order valence-electron chi connectivity index (χ1n) is 7.46. The quantitative estimate of drug-likeness (QED) is 0.809. The molecule has 1 aromatic rings. The van der Waals surface area contributed by atoms with Crippen molar-refractivity contribution in [3.63, 3.8) is 0 Å². The largest absolute Gasteiger partial charge is 0.339 e. The topological polar surface area (TPSA) is 75.4 Å². The van der Waals surface area contributed by atoms with Crippen LogP contribution in [0, 0.1) is 0 Å². The Morgan fingerprint density at radius 3 is 2.48 bits per heavy atom. The third-order valence-corrected chi connectivity index (χ3v) is 3.42. The highest BCUT2D eigenvalue weighted by atomic mass is 16.2. The zero-order valence-electron chi connectivity index (χ0n) is 13.1. The molecule has 0 spiro atoms. The van der Waals surface area contributed by atoms with Gasteiger partial charge in [-0.2, -0.15) is 0 Å². The van der Waals surface area contributed by atoms with E-state index < -0.39 is 0 Å². The van der Waals surface area contributed by atoms with Crippen molar-refractivity contribution >= 4 is 17.5 Å². The average molecular weight is 291 g/mol. The first-order chi connectivity index (χ1) is 10.0. The van der Waals surface area contributed by atoms with E-state index in [2.05, 4.69) is 5.32 Å². The lowest BCUT2D eigenvalue weighted by Gasteiger charge is -2.19. The molecule has 0 saturated heterocycles. The third kappa shape index (κ3) is 5.19. The van der Waals surface area contributed by atoms with Crippen LogP contribution in [0.25, 0.3) is 0 Å². The van der Waals surface area contributed by atoms with Crippen molar-refractivity contribution in [2.75, 3.05) is 18.4 Å². The molecule has 1 unspecified atom stereocenters. The van der Waals surface area contributed by atoms with Gasteiger partial charge in [0.1, 0.15) is 0 Å². The molecular weight excluding hydrogens is 266 g/mol. The molecule has 5 nitrogen and oxygen atoms in total. The monoisotopic (exact) mass is 291 g/mol. The molecule has 0 aliphatic carbocycles. The maximum atomic E-state index is 12.3. The van der Waals surface area contributed by atoms with Gasteiger partial charge in [0.05, 0.1) is 0 Å². The van der Waals surface area contributed by atoms with E-state index in [-0.39, 0.29) is 24.3 Å². The van der Waals surface area contributed by atoms with Gasteiger partial charge in [0.2, 0.25) is 5.91 Å². The van der Waals surface area contributed by atoms with Crippen molar-refractivity contribution in [1.82, 2.24) is 4.90 Å². The van der Waals surface area contributed by atoms with E-state index >= 15 is 0 Å². The van der Waals surface area contributed by atoms with Crippen LogP contribution in [0.2, 0.25) is 0 Å². The Morgan fingerprint density at radius 1 is 1.24 bits per heavy atom. The Balaban J connectivity index is 2.76. The van der Waals surface area contributed by atoms with E-state index in [1.54, 1.807) is 29.2 Å². The van der Waals surface area contributed by atoms with Gasteiger partial charge in [-0.25, -0.2) is 0 Å². The number of carbonyl (C=O) groups excluding carboxylic acids is 2. The lowest BCUT2D eigenvalue weighted by molar-refractivity contribution is -0.116. The van der Waals surface area contributed by atoms with Gasteiger partial charge in [0.25, 0.3) is 5.91 Å². The number of amides is 2. The molecule has 0 fully saturated rings. The van der Waals surface area contributed by atoms with Gasteiger partial charge < -0.3 is 16.0 Å². The summed E-state index contributed by atoms with van der Waals surface area (Å²) in [7, 11) is 0. The number of benzene rings is 1. The summed E-state index contributed by atoms with van der Waals surface area (Å²) in [5, 5.41) is 2.79. The molecule has 2 amide bonds. The lowest BCUT2D eigenvalue weighted by atomic mass is 10.1. The molecule has 0 bridgehead atoms. The van der Waals surface area contributed by atoms with E-state index in [4.69, 9.17) is 5.73 Å². The molecule has 0 aliphatic rings. The molecule has 0 saturated carbocycles. The highest BCUT2D eigenvalue weighted by Gasteiger charge is 2.13. The van der Waals surface area contributed by atoms with Gasteiger partial charge in [-0.3, -0.25) is 9.59 Å². The fraction of sp³-hybridized carbons (Fsp3) is 0.500. The predicted molar refractivity (Wildman–Crippen MR) is 85.2 cm³/mol. The van der Waals surface area contributed by atoms with E-state index in [1.807, 2.05) is 20.8 Å². The lowest BCUT2D eigenvalue weighted by Crippen LogP contribution is -2.30. The first kappa shape index (κ1) is 17.2. The Morgan fingerprint density at radius 2 is 1.90 bits per heavy atom. The molecule has 0 aromatic heterocycles. The number of hydrogen-bond acceptors (Lipinski definition) is 3. The van der Waals surface area contributed by atoms with Crippen LogP contribution in [0.3, 0.4) is 0 Å². The van der Waals surface area contributed by atoms with Gasteiger partial charge in [0, 0.05) is 36.8 Å². The Hall–Kier alpha value is -1.88. The van der Waals surface area contributed by atoms with Crippen molar-refractivity contribution in [1.29, 1.82) is 0 Å². The van der Waals surface area contributed by atoms with Crippen LogP contribution in [-0.2, 0) is 4.79 Å². The van der Waals surface area contributed by atoms with Gasteiger partial charge in [-0.05, 0) is 38.5 Å². The van der Waals surface area contributed by atoms with E-state index in [9.17, 15) is 9.59 Å². The zero-order chi connectivity index (χ0) is 15.8. The van der Waals surface area contributed by atoms with Crippen molar-refractivity contribution in [3.05, 3.63) is 29.8 Å². The van der Waals surface area contributed by atoms with Crippen molar-refractivity contribution < 1.29 is 9.59 Å². The maximum absolute atomic E-state index is 12.3. The van der Waals surface area contributed by atoms with Gasteiger partial charge in [-0.15, -0.1) is 0 Å². The molecule has 1 aromatic carbocycles. The van der Waals surface area contributed by atoms with E-state index in [1.165, 1.54) is 0 Å². The normalized spacial score (nSPS) is 11.8. The van der Waals surface area contributed by atoms with Gasteiger partial charge >= 0.3 is 0 Å². The molecule has 21 heavy (non-hydrogen) atoms. The second kappa shape index (κ2) is 8.42. The molecule has 0 heterocycles. The Kier molecular flexibility index (Phi) is 6.88. The fourth-order valence-electron chi connectivity index (χ4n) is 2.02. The number of nitrogens with zero attached hydrogens (tertiary/aromatic N) is 1. The van der Waals surface area contributed by atoms with E-state index in [0.717, 1.165) is 6.42 Å². The number of rotatable bonds is 7. The summed E-state index contributed by atoms with van der Waals surface area (Å²) < 4.78 is 0. The van der Waals surface area contributed by atoms with Crippen molar-refractivity contribution in [2.45, 2.75) is 39.7 Å².